The summed E-state index contributed by atoms with van der Waals surface area (Å²) in [6, 6.07) is 5.88. The van der Waals surface area contributed by atoms with Crippen molar-refractivity contribution in [3.05, 3.63) is 35.4 Å². The molecule has 1 aromatic rings. The van der Waals surface area contributed by atoms with Gasteiger partial charge in [0, 0.05) is 6.04 Å². The summed E-state index contributed by atoms with van der Waals surface area (Å²) in [6.07, 6.45) is 5.44. The van der Waals surface area contributed by atoms with E-state index in [4.69, 9.17) is 4.74 Å². The van der Waals surface area contributed by atoms with E-state index >= 15 is 0 Å². The number of esters is 1. The highest BCUT2D eigenvalue weighted by molar-refractivity contribution is 6.09. The first-order valence-electron chi connectivity index (χ1n) is 10.4. The Morgan fingerprint density at radius 1 is 1.10 bits per heavy atom. The SMILES string of the molecule is COC(=O)c1ccc(C2NC(CC3CCCCC3)(C(=O)O)C3C(=O)NC(=O)C23)cc1. The van der Waals surface area contributed by atoms with Crippen molar-refractivity contribution in [1.82, 2.24) is 10.6 Å². The molecule has 4 atom stereocenters. The highest BCUT2D eigenvalue weighted by atomic mass is 16.5. The summed E-state index contributed by atoms with van der Waals surface area (Å²) in [7, 11) is 1.29. The van der Waals surface area contributed by atoms with Gasteiger partial charge >= 0.3 is 11.9 Å². The van der Waals surface area contributed by atoms with Gasteiger partial charge in [-0.3, -0.25) is 25.0 Å². The monoisotopic (exact) mass is 414 g/mol. The first-order chi connectivity index (χ1) is 14.4. The zero-order valence-electron chi connectivity index (χ0n) is 16.8. The van der Waals surface area contributed by atoms with Crippen molar-refractivity contribution in [2.45, 2.75) is 50.1 Å². The van der Waals surface area contributed by atoms with Crippen LogP contribution in [0.25, 0.3) is 0 Å². The van der Waals surface area contributed by atoms with Gasteiger partial charge in [0.2, 0.25) is 11.8 Å². The molecule has 0 radical (unpaired) electrons. The smallest absolute Gasteiger partial charge is 0.337 e. The van der Waals surface area contributed by atoms with Gasteiger partial charge in [-0.05, 0) is 30.0 Å². The minimum Gasteiger partial charge on any atom is -0.480 e. The third-order valence-electron chi connectivity index (χ3n) is 6.90. The van der Waals surface area contributed by atoms with Crippen molar-refractivity contribution in [1.29, 1.82) is 0 Å². The Morgan fingerprint density at radius 2 is 1.77 bits per heavy atom. The first kappa shape index (κ1) is 20.5. The molecule has 8 nitrogen and oxygen atoms in total. The van der Waals surface area contributed by atoms with Gasteiger partial charge in [-0.15, -0.1) is 0 Å². The number of aliphatic carboxylic acids is 1. The Kier molecular flexibility index (Phi) is 5.36. The molecule has 0 bridgehead atoms. The quantitative estimate of drug-likeness (QED) is 0.496. The largest absolute Gasteiger partial charge is 0.480 e. The van der Waals surface area contributed by atoms with Crippen LogP contribution in [0.2, 0.25) is 0 Å². The number of imide groups is 1. The lowest BCUT2D eigenvalue weighted by molar-refractivity contribution is -0.150. The maximum atomic E-state index is 12.7. The summed E-state index contributed by atoms with van der Waals surface area (Å²) in [4.78, 5) is 49.6. The van der Waals surface area contributed by atoms with Crippen molar-refractivity contribution < 1.29 is 29.0 Å². The molecule has 0 aromatic heterocycles. The summed E-state index contributed by atoms with van der Waals surface area (Å²) in [5.41, 5.74) is -0.474. The van der Waals surface area contributed by atoms with E-state index in [2.05, 4.69) is 10.6 Å². The number of carboxylic acids is 1. The molecule has 4 unspecified atom stereocenters. The molecule has 3 fully saturated rings. The number of carbonyl (C=O) groups excluding carboxylic acids is 3. The number of carbonyl (C=O) groups is 4. The summed E-state index contributed by atoms with van der Waals surface area (Å²) in [6.45, 7) is 0. The second kappa shape index (κ2) is 7.83. The van der Waals surface area contributed by atoms with Gasteiger partial charge in [-0.2, -0.15) is 0 Å². The normalized spacial score (nSPS) is 31.3. The number of benzene rings is 1. The van der Waals surface area contributed by atoms with Gasteiger partial charge in [0.1, 0.15) is 5.54 Å². The number of ether oxygens (including phenoxy) is 1. The van der Waals surface area contributed by atoms with Crippen LogP contribution in [0.3, 0.4) is 0 Å². The van der Waals surface area contributed by atoms with Crippen LogP contribution in [-0.2, 0) is 19.1 Å². The molecule has 1 saturated carbocycles. The fourth-order valence-corrected chi connectivity index (χ4v) is 5.48. The van der Waals surface area contributed by atoms with E-state index < -0.39 is 47.2 Å². The zero-order valence-corrected chi connectivity index (χ0v) is 16.8. The lowest BCUT2D eigenvalue weighted by Gasteiger charge is -2.35. The average molecular weight is 414 g/mol. The highest BCUT2D eigenvalue weighted by Gasteiger charge is 2.66. The van der Waals surface area contributed by atoms with Crippen LogP contribution in [0.4, 0.5) is 0 Å². The Morgan fingerprint density at radius 3 is 2.37 bits per heavy atom. The molecular formula is C22H26N2O6. The number of amides is 2. The Labute approximate surface area is 174 Å². The first-order valence-corrected chi connectivity index (χ1v) is 10.4. The molecule has 1 aliphatic carbocycles. The predicted molar refractivity (Wildman–Crippen MR) is 105 cm³/mol. The molecule has 30 heavy (non-hydrogen) atoms. The van der Waals surface area contributed by atoms with Crippen LogP contribution < -0.4 is 10.6 Å². The molecule has 8 heteroatoms. The molecule has 160 valence electrons. The van der Waals surface area contributed by atoms with E-state index in [1.807, 2.05) is 0 Å². The number of rotatable bonds is 5. The van der Waals surface area contributed by atoms with Crippen molar-refractivity contribution in [3.8, 4) is 0 Å². The maximum Gasteiger partial charge on any atom is 0.337 e. The Hall–Kier alpha value is -2.74. The summed E-state index contributed by atoms with van der Waals surface area (Å²) < 4.78 is 4.71. The second-order valence-corrected chi connectivity index (χ2v) is 8.58. The maximum absolute atomic E-state index is 12.7. The van der Waals surface area contributed by atoms with Gasteiger partial charge in [-0.25, -0.2) is 4.79 Å². The highest BCUT2D eigenvalue weighted by Crippen LogP contribution is 2.49. The van der Waals surface area contributed by atoms with Crippen molar-refractivity contribution in [3.63, 3.8) is 0 Å². The average Bonchev–Trinajstić information content (AvgIpc) is 3.25. The molecule has 3 aliphatic rings. The van der Waals surface area contributed by atoms with Gasteiger partial charge in [0.05, 0.1) is 24.5 Å². The standard InChI is InChI=1S/C22H26N2O6/c1-30-20(27)14-9-7-13(8-10-14)17-15-16(19(26)23-18(15)25)22(24-17,21(28)29)11-12-5-3-2-4-6-12/h7-10,12,15-17,24H,2-6,11H2,1H3,(H,28,29)(H,23,25,26). The summed E-state index contributed by atoms with van der Waals surface area (Å²) >= 11 is 0. The van der Waals surface area contributed by atoms with Crippen molar-refractivity contribution in [2.24, 2.45) is 17.8 Å². The Bertz CT molecular complexity index is 876. The molecule has 1 aromatic carbocycles. The molecule has 4 rings (SSSR count). The topological polar surface area (TPSA) is 122 Å². The van der Waals surface area contributed by atoms with E-state index in [1.165, 1.54) is 7.11 Å². The van der Waals surface area contributed by atoms with Crippen LogP contribution in [-0.4, -0.2) is 41.5 Å². The fraction of sp³-hybridized carbons (Fsp3) is 0.545. The van der Waals surface area contributed by atoms with Gasteiger partial charge in [-0.1, -0.05) is 44.2 Å². The number of nitrogens with one attached hydrogen (secondary N) is 2. The van der Waals surface area contributed by atoms with Crippen molar-refractivity contribution >= 4 is 23.8 Å². The van der Waals surface area contributed by atoms with Crippen LogP contribution in [0.15, 0.2) is 24.3 Å². The second-order valence-electron chi connectivity index (χ2n) is 8.58. The molecular weight excluding hydrogens is 388 g/mol. The van der Waals surface area contributed by atoms with E-state index in [0.29, 0.717) is 17.5 Å². The van der Waals surface area contributed by atoms with Crippen LogP contribution in [0, 0.1) is 17.8 Å². The minimum atomic E-state index is -1.49. The molecule has 2 amide bonds. The third-order valence-corrected chi connectivity index (χ3v) is 6.90. The Balaban J connectivity index is 1.70. The van der Waals surface area contributed by atoms with Gasteiger partial charge in [0.25, 0.3) is 0 Å². The lowest BCUT2D eigenvalue weighted by Crippen LogP contribution is -2.56. The van der Waals surface area contributed by atoms with Gasteiger partial charge < -0.3 is 9.84 Å². The fourth-order valence-electron chi connectivity index (χ4n) is 5.48. The van der Waals surface area contributed by atoms with Crippen LogP contribution in [0.5, 0.6) is 0 Å². The van der Waals surface area contributed by atoms with Crippen molar-refractivity contribution in [2.75, 3.05) is 7.11 Å². The predicted octanol–water partition coefficient (Wildman–Crippen LogP) is 1.80. The minimum absolute atomic E-state index is 0.201. The summed E-state index contributed by atoms with van der Waals surface area (Å²) in [5.74, 6) is -4.12. The summed E-state index contributed by atoms with van der Waals surface area (Å²) in [5, 5.41) is 15.8. The molecule has 2 aliphatic heterocycles. The lowest BCUT2D eigenvalue weighted by atomic mass is 9.72. The van der Waals surface area contributed by atoms with Gasteiger partial charge in [0.15, 0.2) is 0 Å². The number of hydrogen-bond acceptors (Lipinski definition) is 6. The van der Waals surface area contributed by atoms with Crippen LogP contribution >= 0.6 is 0 Å². The molecule has 2 saturated heterocycles. The van der Waals surface area contributed by atoms with E-state index in [1.54, 1.807) is 24.3 Å². The number of fused-ring (bicyclic) bond motifs is 1. The third kappa shape index (κ3) is 3.29. The number of carboxylic acid groups (broad SMARTS) is 1. The van der Waals surface area contributed by atoms with E-state index in [0.717, 1.165) is 32.1 Å². The number of methoxy groups -OCH3 is 1. The zero-order chi connectivity index (χ0) is 21.5. The van der Waals surface area contributed by atoms with E-state index in [9.17, 15) is 24.3 Å². The molecule has 3 N–H and O–H groups in total. The molecule has 2 heterocycles. The number of hydrogen-bond donors (Lipinski definition) is 3. The van der Waals surface area contributed by atoms with Crippen LogP contribution in [0.1, 0.15) is 60.5 Å². The van der Waals surface area contributed by atoms with E-state index in [-0.39, 0.29) is 5.92 Å². The molecule has 0 spiro atoms.